The number of hydrogen-bond donors (Lipinski definition) is 1. The summed E-state index contributed by atoms with van der Waals surface area (Å²) in [5.74, 6) is 0.664. The van der Waals surface area contributed by atoms with Crippen molar-refractivity contribution in [2.24, 2.45) is 0 Å². The molecule has 0 saturated carbocycles. The van der Waals surface area contributed by atoms with Gasteiger partial charge in [-0.3, -0.25) is 0 Å². The third-order valence-corrected chi connectivity index (χ3v) is 2.76. The summed E-state index contributed by atoms with van der Waals surface area (Å²) in [6.45, 7) is 2.02. The van der Waals surface area contributed by atoms with Gasteiger partial charge in [-0.25, -0.2) is 9.50 Å². The molecule has 0 aliphatic heterocycles. The number of aromatic nitrogens is 3. The molecule has 0 atom stereocenters. The summed E-state index contributed by atoms with van der Waals surface area (Å²) in [6.07, 6.45) is 1.89. The number of nitrogens with zero attached hydrogens (tertiary/aromatic N) is 3. The number of nitrogens with two attached hydrogens (primary N) is 1. The molecule has 2 heterocycles. The van der Waals surface area contributed by atoms with Gasteiger partial charge in [0.1, 0.15) is 0 Å². The van der Waals surface area contributed by atoms with E-state index < -0.39 is 0 Å². The molecule has 4 heteroatoms. The predicted molar refractivity (Wildman–Crippen MR) is 67.6 cm³/mol. The van der Waals surface area contributed by atoms with Gasteiger partial charge in [0.05, 0.1) is 0 Å². The van der Waals surface area contributed by atoms with Crippen LogP contribution in [0.1, 0.15) is 5.56 Å². The van der Waals surface area contributed by atoms with Crippen molar-refractivity contribution >= 4 is 11.3 Å². The van der Waals surface area contributed by atoms with Crippen LogP contribution < -0.4 is 5.73 Å². The first kappa shape index (κ1) is 9.84. The molecule has 0 bridgehead atoms. The Kier molecular flexibility index (Phi) is 2.08. The first-order chi connectivity index (χ1) is 8.25. The Hall–Kier alpha value is -2.36. The van der Waals surface area contributed by atoms with Gasteiger partial charge >= 0.3 is 0 Å². The number of hydrogen-bond acceptors (Lipinski definition) is 3. The first-order valence-electron chi connectivity index (χ1n) is 5.42. The lowest BCUT2D eigenvalue weighted by Crippen LogP contribution is -1.91. The number of para-hydroxylation sites is 1. The van der Waals surface area contributed by atoms with Crippen molar-refractivity contribution in [2.75, 3.05) is 5.73 Å². The van der Waals surface area contributed by atoms with E-state index in [-0.39, 0.29) is 0 Å². The molecule has 3 aromatic rings. The highest BCUT2D eigenvalue weighted by Crippen LogP contribution is 2.23. The third-order valence-electron chi connectivity index (χ3n) is 2.76. The number of anilines is 1. The Morgan fingerprint density at radius 3 is 2.71 bits per heavy atom. The van der Waals surface area contributed by atoms with Crippen LogP contribution in [0.15, 0.2) is 42.6 Å². The molecule has 17 heavy (non-hydrogen) atoms. The van der Waals surface area contributed by atoms with Crippen LogP contribution in [0.5, 0.6) is 0 Å². The Labute approximate surface area is 98.7 Å². The Balaban J connectivity index is 2.26. The molecule has 0 aliphatic rings. The lowest BCUT2D eigenvalue weighted by Gasteiger charge is -1.98. The van der Waals surface area contributed by atoms with Gasteiger partial charge in [-0.1, -0.05) is 18.2 Å². The van der Waals surface area contributed by atoms with Crippen molar-refractivity contribution in [3.05, 3.63) is 48.2 Å². The highest BCUT2D eigenvalue weighted by atomic mass is 15.3. The zero-order valence-corrected chi connectivity index (χ0v) is 9.46. The van der Waals surface area contributed by atoms with E-state index in [1.165, 1.54) is 0 Å². The number of benzene rings is 1. The molecule has 0 fully saturated rings. The molecule has 0 unspecified atom stereocenters. The molecular formula is C13H12N4. The van der Waals surface area contributed by atoms with E-state index in [4.69, 9.17) is 5.73 Å². The van der Waals surface area contributed by atoms with Gasteiger partial charge in [0, 0.05) is 17.4 Å². The second kappa shape index (κ2) is 3.59. The number of nitrogen functional groups attached to an aromatic ring is 1. The molecule has 2 aromatic heterocycles. The molecule has 0 amide bonds. The molecule has 0 saturated heterocycles. The minimum Gasteiger partial charge on any atom is -0.398 e. The fourth-order valence-corrected chi connectivity index (χ4v) is 1.85. The maximum absolute atomic E-state index is 5.92. The van der Waals surface area contributed by atoms with Crippen LogP contribution in [-0.4, -0.2) is 14.6 Å². The van der Waals surface area contributed by atoms with Gasteiger partial charge < -0.3 is 5.73 Å². The van der Waals surface area contributed by atoms with E-state index in [0.717, 1.165) is 16.8 Å². The summed E-state index contributed by atoms with van der Waals surface area (Å²) in [4.78, 5) is 4.52. The van der Waals surface area contributed by atoms with E-state index in [0.29, 0.717) is 11.5 Å². The molecule has 1 aromatic carbocycles. The van der Waals surface area contributed by atoms with Crippen LogP contribution in [0.2, 0.25) is 0 Å². The highest BCUT2D eigenvalue weighted by Gasteiger charge is 2.09. The smallest absolute Gasteiger partial charge is 0.184 e. The lowest BCUT2D eigenvalue weighted by molar-refractivity contribution is 0.960. The number of pyridine rings is 1. The lowest BCUT2D eigenvalue weighted by atomic mass is 10.2. The number of fused-ring (bicyclic) bond motifs is 1. The maximum atomic E-state index is 5.92. The van der Waals surface area contributed by atoms with Gasteiger partial charge in [-0.15, -0.1) is 5.10 Å². The van der Waals surface area contributed by atoms with Gasteiger partial charge in [-0.2, -0.15) is 0 Å². The fourth-order valence-electron chi connectivity index (χ4n) is 1.85. The van der Waals surface area contributed by atoms with E-state index in [9.17, 15) is 0 Å². The highest BCUT2D eigenvalue weighted by molar-refractivity contribution is 5.72. The van der Waals surface area contributed by atoms with Crippen LogP contribution >= 0.6 is 0 Å². The zero-order valence-electron chi connectivity index (χ0n) is 9.46. The van der Waals surface area contributed by atoms with Gasteiger partial charge in [0.15, 0.2) is 11.5 Å². The van der Waals surface area contributed by atoms with E-state index in [1.807, 2.05) is 49.5 Å². The van der Waals surface area contributed by atoms with Gasteiger partial charge in [0.2, 0.25) is 0 Å². The van der Waals surface area contributed by atoms with Gasteiger partial charge in [-0.05, 0) is 30.7 Å². The van der Waals surface area contributed by atoms with Crippen molar-refractivity contribution in [3.8, 4) is 11.4 Å². The normalized spacial score (nSPS) is 10.9. The molecule has 0 aliphatic carbocycles. The van der Waals surface area contributed by atoms with Crippen LogP contribution in [-0.2, 0) is 0 Å². The molecule has 84 valence electrons. The summed E-state index contributed by atoms with van der Waals surface area (Å²) in [5.41, 5.74) is 9.45. The summed E-state index contributed by atoms with van der Waals surface area (Å²) in [7, 11) is 0. The number of aryl methyl sites for hydroxylation is 1. The first-order valence-corrected chi connectivity index (χ1v) is 5.42. The quantitative estimate of drug-likeness (QED) is 0.645. The fraction of sp³-hybridized carbons (Fsp3) is 0.0769. The summed E-state index contributed by atoms with van der Waals surface area (Å²) in [6, 6.07) is 11.6. The van der Waals surface area contributed by atoms with Crippen LogP contribution in [0.25, 0.3) is 17.0 Å². The topological polar surface area (TPSA) is 56.2 Å². The maximum Gasteiger partial charge on any atom is 0.184 e. The van der Waals surface area contributed by atoms with E-state index in [1.54, 1.807) is 4.52 Å². The van der Waals surface area contributed by atoms with E-state index in [2.05, 4.69) is 10.1 Å². The summed E-state index contributed by atoms with van der Waals surface area (Å²) >= 11 is 0. The average Bonchev–Trinajstić information content (AvgIpc) is 2.75. The van der Waals surface area contributed by atoms with Crippen molar-refractivity contribution < 1.29 is 0 Å². The monoisotopic (exact) mass is 224 g/mol. The van der Waals surface area contributed by atoms with Crippen LogP contribution in [0, 0.1) is 6.92 Å². The Morgan fingerprint density at radius 2 is 1.94 bits per heavy atom. The Bertz CT molecular complexity index is 685. The Morgan fingerprint density at radius 1 is 1.12 bits per heavy atom. The molecule has 3 rings (SSSR count). The SMILES string of the molecule is Cc1cccn2nc(-c3ccccc3N)nc12. The van der Waals surface area contributed by atoms with Crippen molar-refractivity contribution in [1.82, 2.24) is 14.6 Å². The van der Waals surface area contributed by atoms with Crippen molar-refractivity contribution in [2.45, 2.75) is 6.92 Å². The largest absolute Gasteiger partial charge is 0.398 e. The summed E-state index contributed by atoms with van der Waals surface area (Å²) < 4.78 is 1.77. The van der Waals surface area contributed by atoms with Crippen molar-refractivity contribution in [1.29, 1.82) is 0 Å². The number of rotatable bonds is 1. The average molecular weight is 224 g/mol. The molecule has 4 nitrogen and oxygen atoms in total. The van der Waals surface area contributed by atoms with Crippen LogP contribution in [0.4, 0.5) is 5.69 Å². The van der Waals surface area contributed by atoms with Gasteiger partial charge in [0.25, 0.3) is 0 Å². The zero-order chi connectivity index (χ0) is 11.8. The minimum atomic E-state index is 0.664. The van der Waals surface area contributed by atoms with E-state index >= 15 is 0 Å². The molecular weight excluding hydrogens is 212 g/mol. The summed E-state index contributed by atoms with van der Waals surface area (Å²) in [5, 5.41) is 4.43. The standard InChI is InChI=1S/C13H12N4/c1-9-5-4-8-17-13(9)15-12(16-17)10-6-2-3-7-11(10)14/h2-8H,14H2,1H3. The second-order valence-electron chi connectivity index (χ2n) is 3.98. The molecule has 2 N–H and O–H groups in total. The third kappa shape index (κ3) is 1.54. The van der Waals surface area contributed by atoms with Crippen LogP contribution in [0.3, 0.4) is 0 Å². The minimum absolute atomic E-state index is 0.664. The molecule has 0 spiro atoms. The van der Waals surface area contributed by atoms with Crippen molar-refractivity contribution in [3.63, 3.8) is 0 Å². The second-order valence-corrected chi connectivity index (χ2v) is 3.98. The molecule has 0 radical (unpaired) electrons. The predicted octanol–water partition coefficient (Wildman–Crippen LogP) is 2.29.